The summed E-state index contributed by atoms with van der Waals surface area (Å²) in [4.78, 5) is 29.7. The Labute approximate surface area is 137 Å². The largest absolute Gasteiger partial charge is 0.476 e. The number of hydrogen-bond acceptors (Lipinski definition) is 7. The highest BCUT2D eigenvalue weighted by molar-refractivity contribution is 7.99. The molecule has 1 saturated heterocycles. The minimum atomic E-state index is -3.39. The third-order valence-electron chi connectivity index (χ3n) is 3.11. The molecule has 0 spiro atoms. The van der Waals surface area contributed by atoms with Crippen LogP contribution in [0.2, 0.25) is 0 Å². The van der Waals surface area contributed by atoms with Crippen molar-refractivity contribution in [1.82, 2.24) is 19.6 Å². The van der Waals surface area contributed by atoms with E-state index in [-0.39, 0.29) is 23.7 Å². The lowest BCUT2D eigenvalue weighted by Crippen LogP contribution is -2.42. The monoisotopic (exact) mass is 360 g/mol. The van der Waals surface area contributed by atoms with E-state index in [1.807, 2.05) is 0 Å². The number of nitrogens with one attached hydrogen (secondary N) is 1. The number of carboxylic acids is 1. The number of thioether (sulfide) groups is 1. The Morgan fingerprint density at radius 2 is 1.83 bits per heavy atom. The Morgan fingerprint density at radius 3 is 2.39 bits per heavy atom. The average molecular weight is 360 g/mol. The zero-order chi connectivity index (χ0) is 16.9. The first-order chi connectivity index (χ1) is 10.9. The summed E-state index contributed by atoms with van der Waals surface area (Å²) in [5.74, 6) is -0.479. The lowest BCUT2D eigenvalue weighted by Gasteiger charge is -2.25. The molecule has 0 aromatic carbocycles. The molecule has 1 aromatic rings. The van der Waals surface area contributed by atoms with Crippen LogP contribution in [0.15, 0.2) is 12.4 Å². The number of rotatable bonds is 6. The number of aromatic carboxylic acids is 1. The fraction of sp³-hybridized carbons (Fsp3) is 0.500. The number of carbonyl (C=O) groups is 2. The van der Waals surface area contributed by atoms with Crippen LogP contribution in [0.4, 0.5) is 0 Å². The lowest BCUT2D eigenvalue weighted by atomic mass is 10.4. The molecule has 126 valence electrons. The molecule has 2 N–H and O–H groups in total. The molecule has 1 aliphatic rings. The fourth-order valence-corrected chi connectivity index (χ4v) is 4.39. The number of nitrogens with zero attached hydrogens (tertiary/aromatic N) is 3. The first-order valence-corrected chi connectivity index (χ1v) is 9.55. The standard InChI is InChI=1S/C12H16N4O5S2/c17-11(9-7-15-10(8-14-9)12(18)19)13-1-6-23(20,21)16-2-4-22-5-3-16/h7-8H,1-6H2,(H,13,17)(H,18,19). The van der Waals surface area contributed by atoms with Crippen molar-refractivity contribution in [3.05, 3.63) is 23.8 Å². The summed E-state index contributed by atoms with van der Waals surface area (Å²) in [6, 6.07) is 0. The molecule has 9 nitrogen and oxygen atoms in total. The highest BCUT2D eigenvalue weighted by Crippen LogP contribution is 2.13. The van der Waals surface area contributed by atoms with E-state index in [2.05, 4.69) is 15.3 Å². The summed E-state index contributed by atoms with van der Waals surface area (Å²) in [6.07, 6.45) is 2.01. The zero-order valence-electron chi connectivity index (χ0n) is 12.1. The predicted octanol–water partition coefficient (Wildman–Crippen LogP) is -0.717. The number of carboxylic acid groups (broad SMARTS) is 1. The van der Waals surface area contributed by atoms with E-state index in [1.165, 1.54) is 4.31 Å². The van der Waals surface area contributed by atoms with Gasteiger partial charge in [0, 0.05) is 31.1 Å². The fourth-order valence-electron chi connectivity index (χ4n) is 1.89. The summed E-state index contributed by atoms with van der Waals surface area (Å²) < 4.78 is 25.6. The highest BCUT2D eigenvalue weighted by atomic mass is 32.2. The Kier molecular flexibility index (Phi) is 5.91. The lowest BCUT2D eigenvalue weighted by molar-refractivity contribution is 0.0689. The summed E-state index contributed by atoms with van der Waals surface area (Å²) in [6.45, 7) is 0.930. The van der Waals surface area contributed by atoms with Crippen LogP contribution in [0.25, 0.3) is 0 Å². The van der Waals surface area contributed by atoms with E-state index >= 15 is 0 Å². The molecular formula is C12H16N4O5S2. The first-order valence-electron chi connectivity index (χ1n) is 6.79. The second-order valence-electron chi connectivity index (χ2n) is 4.68. The van der Waals surface area contributed by atoms with Crippen LogP contribution in [0.3, 0.4) is 0 Å². The maximum absolute atomic E-state index is 12.1. The molecule has 1 aliphatic heterocycles. The molecule has 2 rings (SSSR count). The maximum atomic E-state index is 12.1. The molecule has 23 heavy (non-hydrogen) atoms. The molecular weight excluding hydrogens is 344 g/mol. The van der Waals surface area contributed by atoms with E-state index < -0.39 is 21.9 Å². The molecule has 0 saturated carbocycles. The van der Waals surface area contributed by atoms with Crippen LogP contribution in [0, 0.1) is 0 Å². The van der Waals surface area contributed by atoms with E-state index in [9.17, 15) is 18.0 Å². The van der Waals surface area contributed by atoms with Crippen molar-refractivity contribution in [3.8, 4) is 0 Å². The minimum Gasteiger partial charge on any atom is -0.476 e. The molecule has 1 fully saturated rings. The minimum absolute atomic E-state index is 0.0484. The van der Waals surface area contributed by atoms with Crippen LogP contribution in [-0.2, 0) is 10.0 Å². The second-order valence-corrected chi connectivity index (χ2v) is 7.99. The topological polar surface area (TPSA) is 130 Å². The van der Waals surface area contributed by atoms with Gasteiger partial charge >= 0.3 is 5.97 Å². The smallest absolute Gasteiger partial charge is 0.356 e. The number of sulfonamides is 1. The van der Waals surface area contributed by atoms with Gasteiger partial charge in [-0.15, -0.1) is 0 Å². The van der Waals surface area contributed by atoms with Crippen molar-refractivity contribution in [1.29, 1.82) is 0 Å². The van der Waals surface area contributed by atoms with Crippen LogP contribution >= 0.6 is 11.8 Å². The average Bonchev–Trinajstić information content (AvgIpc) is 2.55. The van der Waals surface area contributed by atoms with E-state index in [1.54, 1.807) is 11.8 Å². The third kappa shape index (κ3) is 4.88. The van der Waals surface area contributed by atoms with Crippen LogP contribution in [-0.4, -0.2) is 76.6 Å². The summed E-state index contributed by atoms with van der Waals surface area (Å²) in [5.41, 5.74) is -0.339. The van der Waals surface area contributed by atoms with Gasteiger partial charge in [-0.1, -0.05) is 0 Å². The maximum Gasteiger partial charge on any atom is 0.356 e. The van der Waals surface area contributed by atoms with Gasteiger partial charge in [-0.3, -0.25) is 4.79 Å². The van der Waals surface area contributed by atoms with Gasteiger partial charge in [0.1, 0.15) is 5.69 Å². The molecule has 0 bridgehead atoms. The summed E-state index contributed by atoms with van der Waals surface area (Å²) >= 11 is 1.71. The third-order valence-corrected chi connectivity index (χ3v) is 5.93. The van der Waals surface area contributed by atoms with E-state index in [0.29, 0.717) is 13.1 Å². The number of hydrogen-bond donors (Lipinski definition) is 2. The second kappa shape index (κ2) is 7.70. The molecule has 0 aliphatic carbocycles. The zero-order valence-corrected chi connectivity index (χ0v) is 13.8. The molecule has 1 amide bonds. The van der Waals surface area contributed by atoms with Crippen LogP contribution in [0.5, 0.6) is 0 Å². The Balaban J connectivity index is 1.85. The van der Waals surface area contributed by atoms with Gasteiger partial charge in [-0.2, -0.15) is 11.8 Å². The van der Waals surface area contributed by atoms with Crippen molar-refractivity contribution in [2.45, 2.75) is 0 Å². The Hall–Kier alpha value is -1.72. The van der Waals surface area contributed by atoms with Crippen molar-refractivity contribution < 1.29 is 23.1 Å². The van der Waals surface area contributed by atoms with Gasteiger partial charge in [0.05, 0.1) is 18.1 Å². The van der Waals surface area contributed by atoms with Crippen LogP contribution < -0.4 is 5.32 Å². The molecule has 0 radical (unpaired) electrons. The van der Waals surface area contributed by atoms with Gasteiger partial charge in [0.15, 0.2) is 5.69 Å². The van der Waals surface area contributed by atoms with Crippen molar-refractivity contribution >= 4 is 33.7 Å². The van der Waals surface area contributed by atoms with Crippen molar-refractivity contribution in [2.24, 2.45) is 0 Å². The van der Waals surface area contributed by atoms with Gasteiger partial charge in [-0.25, -0.2) is 27.5 Å². The predicted molar refractivity (Wildman–Crippen MR) is 84.0 cm³/mol. The van der Waals surface area contributed by atoms with E-state index in [4.69, 9.17) is 5.11 Å². The van der Waals surface area contributed by atoms with Gasteiger partial charge in [-0.05, 0) is 0 Å². The van der Waals surface area contributed by atoms with Crippen molar-refractivity contribution in [3.63, 3.8) is 0 Å². The Bertz CT molecular complexity index is 671. The quantitative estimate of drug-likeness (QED) is 0.680. The first kappa shape index (κ1) is 17.6. The van der Waals surface area contributed by atoms with Gasteiger partial charge in [0.2, 0.25) is 10.0 Å². The van der Waals surface area contributed by atoms with E-state index in [0.717, 1.165) is 23.9 Å². The van der Waals surface area contributed by atoms with Crippen molar-refractivity contribution in [2.75, 3.05) is 36.9 Å². The summed E-state index contributed by atoms with van der Waals surface area (Å²) in [7, 11) is -3.39. The van der Waals surface area contributed by atoms with Gasteiger partial charge < -0.3 is 10.4 Å². The molecule has 0 unspecified atom stereocenters. The highest BCUT2D eigenvalue weighted by Gasteiger charge is 2.24. The van der Waals surface area contributed by atoms with Crippen LogP contribution in [0.1, 0.15) is 21.0 Å². The molecule has 2 heterocycles. The summed E-state index contributed by atoms with van der Waals surface area (Å²) in [5, 5.41) is 11.1. The molecule has 11 heteroatoms. The molecule has 0 atom stereocenters. The van der Waals surface area contributed by atoms with Gasteiger partial charge in [0.25, 0.3) is 5.91 Å². The number of carbonyl (C=O) groups excluding carboxylic acids is 1. The SMILES string of the molecule is O=C(O)c1cnc(C(=O)NCCS(=O)(=O)N2CCSCC2)cn1. The number of aromatic nitrogens is 2. The molecule has 1 aromatic heterocycles. The Morgan fingerprint density at radius 1 is 1.22 bits per heavy atom. The normalized spacial score (nSPS) is 16.0. The number of amides is 1.